The minimum absolute atomic E-state index is 0.0526. The van der Waals surface area contributed by atoms with Gasteiger partial charge in [-0.05, 0) is 73.0 Å². The van der Waals surface area contributed by atoms with E-state index in [2.05, 4.69) is 47.1 Å². The lowest BCUT2D eigenvalue weighted by Gasteiger charge is -2.47. The normalized spacial score (nSPS) is 31.3. The molecule has 1 saturated carbocycles. The summed E-state index contributed by atoms with van der Waals surface area (Å²) < 4.78 is 12.3. The predicted octanol–water partition coefficient (Wildman–Crippen LogP) is 4.96. The van der Waals surface area contributed by atoms with Gasteiger partial charge in [0.1, 0.15) is 17.7 Å². The molecular weight excluding hydrogens is 398 g/mol. The molecule has 3 aliphatic rings. The molecule has 32 heavy (non-hydrogen) atoms. The van der Waals surface area contributed by atoms with E-state index in [-0.39, 0.29) is 6.10 Å². The Morgan fingerprint density at radius 2 is 2.03 bits per heavy atom. The van der Waals surface area contributed by atoms with Crippen LogP contribution in [-0.2, 0) is 11.3 Å². The van der Waals surface area contributed by atoms with Crippen LogP contribution >= 0.6 is 0 Å². The van der Waals surface area contributed by atoms with Gasteiger partial charge in [-0.2, -0.15) is 0 Å². The summed E-state index contributed by atoms with van der Waals surface area (Å²) in [5.74, 6) is 2.95. The Morgan fingerprint density at radius 1 is 1.19 bits per heavy atom. The van der Waals surface area contributed by atoms with Gasteiger partial charge in [0.15, 0.2) is 0 Å². The van der Waals surface area contributed by atoms with Gasteiger partial charge < -0.3 is 15.2 Å². The number of nitrogens with zero attached hydrogens (tertiary/aromatic N) is 2. The molecule has 1 aliphatic carbocycles. The highest BCUT2D eigenvalue weighted by Gasteiger charge is 2.75. The second-order valence-electron chi connectivity index (χ2n) is 9.80. The zero-order valence-corrected chi connectivity index (χ0v) is 18.8. The number of anilines is 1. The van der Waals surface area contributed by atoms with Crippen molar-refractivity contribution in [2.45, 2.75) is 50.5 Å². The Hall–Kier alpha value is -2.63. The highest BCUT2D eigenvalue weighted by molar-refractivity contribution is 5.86. The standard InChI is InChI=1S/C27H31N3O2/c1-17-15-27-22(17)9-6-12-30(27)26(27)25(32-16-18-7-4-3-5-8-18)21-14-24(28)29-23-11-10-19(31-2)13-20(21)23/h3-5,7-8,10-11,13-14,17,22,25-26H,6,9,12,15-16H2,1-2H3,(H2,28,29)/t17?,22?,25-,26?,27?,30?/m1/s1. The number of rotatable bonds is 6. The third-order valence-electron chi connectivity index (χ3n) is 8.14. The molecule has 2 aromatic carbocycles. The van der Waals surface area contributed by atoms with E-state index in [1.807, 2.05) is 24.3 Å². The summed E-state index contributed by atoms with van der Waals surface area (Å²) in [4.78, 5) is 7.32. The largest absolute Gasteiger partial charge is 0.497 e. The lowest BCUT2D eigenvalue weighted by atomic mass is 9.59. The summed E-state index contributed by atoms with van der Waals surface area (Å²) in [5.41, 5.74) is 9.82. The van der Waals surface area contributed by atoms with Crippen LogP contribution in [0.5, 0.6) is 5.75 Å². The molecule has 3 aromatic rings. The van der Waals surface area contributed by atoms with Crippen molar-refractivity contribution in [3.8, 4) is 5.75 Å². The molecule has 6 rings (SSSR count). The van der Waals surface area contributed by atoms with Gasteiger partial charge in [0, 0.05) is 10.9 Å². The van der Waals surface area contributed by atoms with Crippen molar-refractivity contribution in [2.75, 3.05) is 19.4 Å². The molecule has 0 bridgehead atoms. The fourth-order valence-electron chi connectivity index (χ4n) is 6.76. The Kier molecular flexibility index (Phi) is 4.67. The Balaban J connectivity index is 1.43. The first kappa shape index (κ1) is 20.0. The third kappa shape index (κ3) is 2.95. The number of nitrogen functional groups attached to an aromatic ring is 1. The predicted molar refractivity (Wildman–Crippen MR) is 126 cm³/mol. The van der Waals surface area contributed by atoms with Crippen LogP contribution in [0.1, 0.15) is 43.4 Å². The highest BCUT2D eigenvalue weighted by Crippen LogP contribution is 2.68. The van der Waals surface area contributed by atoms with Gasteiger partial charge in [0.25, 0.3) is 0 Å². The average Bonchev–Trinajstić information content (AvgIpc) is 3.48. The van der Waals surface area contributed by atoms with Gasteiger partial charge in [-0.25, -0.2) is 4.98 Å². The topological polar surface area (TPSA) is 60.4 Å². The molecule has 166 valence electrons. The van der Waals surface area contributed by atoms with Crippen molar-refractivity contribution in [3.63, 3.8) is 0 Å². The van der Waals surface area contributed by atoms with Crippen LogP contribution in [0.15, 0.2) is 54.6 Å². The first-order valence-corrected chi connectivity index (χ1v) is 11.8. The summed E-state index contributed by atoms with van der Waals surface area (Å²) in [5, 5.41) is 1.07. The van der Waals surface area contributed by atoms with Crippen LogP contribution in [0.4, 0.5) is 5.82 Å². The van der Waals surface area contributed by atoms with Crippen LogP contribution < -0.4 is 10.5 Å². The molecule has 6 atom stereocenters. The molecule has 2 aliphatic heterocycles. The van der Waals surface area contributed by atoms with E-state index in [0.717, 1.165) is 34.1 Å². The molecule has 1 spiro atoms. The second kappa shape index (κ2) is 7.46. The van der Waals surface area contributed by atoms with Crippen LogP contribution in [0, 0.1) is 11.8 Å². The van der Waals surface area contributed by atoms with E-state index in [9.17, 15) is 0 Å². The number of piperidine rings is 1. The third-order valence-corrected chi connectivity index (χ3v) is 8.14. The average molecular weight is 430 g/mol. The molecular formula is C27H31N3O2. The van der Waals surface area contributed by atoms with Crippen molar-refractivity contribution in [1.29, 1.82) is 0 Å². The van der Waals surface area contributed by atoms with Gasteiger partial charge in [-0.15, -0.1) is 0 Å². The minimum Gasteiger partial charge on any atom is -0.497 e. The number of hydrogen-bond donors (Lipinski definition) is 1. The number of ether oxygens (including phenoxy) is 2. The maximum absolute atomic E-state index is 6.78. The fourth-order valence-corrected chi connectivity index (χ4v) is 6.76. The number of methoxy groups -OCH3 is 1. The van der Waals surface area contributed by atoms with E-state index in [0.29, 0.717) is 24.0 Å². The number of benzene rings is 2. The molecule has 3 fully saturated rings. The second-order valence-corrected chi connectivity index (χ2v) is 9.80. The molecule has 5 heteroatoms. The number of fused-ring (bicyclic) bond motifs is 1. The SMILES string of the molecule is COc1ccc2nc(N)cc([C@@H](OCc3ccccc3)C3N4CCCC5C(C)CC534)c2c1. The Labute approximate surface area is 189 Å². The molecule has 0 amide bonds. The minimum atomic E-state index is -0.0526. The first-order chi connectivity index (χ1) is 15.6. The number of nitrogens with two attached hydrogens (primary N) is 1. The van der Waals surface area contributed by atoms with Crippen LogP contribution in [-0.4, -0.2) is 35.1 Å². The Morgan fingerprint density at radius 3 is 2.81 bits per heavy atom. The quantitative estimate of drug-likeness (QED) is 0.562. The van der Waals surface area contributed by atoms with Gasteiger partial charge in [0.05, 0.1) is 25.3 Å². The van der Waals surface area contributed by atoms with Crippen LogP contribution in [0.3, 0.4) is 0 Å². The summed E-state index contributed by atoms with van der Waals surface area (Å²) in [6.07, 6.45) is 3.84. The first-order valence-electron chi connectivity index (χ1n) is 11.8. The Bertz CT molecular complexity index is 1150. The van der Waals surface area contributed by atoms with Gasteiger partial charge >= 0.3 is 0 Å². The lowest BCUT2D eigenvalue weighted by Crippen LogP contribution is -2.50. The number of aromatic nitrogens is 1. The summed E-state index contributed by atoms with van der Waals surface area (Å²) in [7, 11) is 1.70. The zero-order chi connectivity index (χ0) is 21.9. The zero-order valence-electron chi connectivity index (χ0n) is 18.8. The van der Waals surface area contributed by atoms with E-state index in [4.69, 9.17) is 15.2 Å². The maximum Gasteiger partial charge on any atom is 0.124 e. The molecule has 0 radical (unpaired) electrons. The number of pyridine rings is 1. The molecule has 5 unspecified atom stereocenters. The van der Waals surface area contributed by atoms with Gasteiger partial charge in [-0.3, -0.25) is 4.90 Å². The van der Waals surface area contributed by atoms with Crippen molar-refractivity contribution < 1.29 is 9.47 Å². The summed E-state index contributed by atoms with van der Waals surface area (Å²) in [6, 6.07) is 18.9. The lowest BCUT2D eigenvalue weighted by molar-refractivity contribution is 0.0171. The molecule has 3 heterocycles. The smallest absolute Gasteiger partial charge is 0.124 e. The monoisotopic (exact) mass is 429 g/mol. The maximum atomic E-state index is 6.78. The van der Waals surface area contributed by atoms with Crippen molar-refractivity contribution in [2.24, 2.45) is 11.8 Å². The van der Waals surface area contributed by atoms with Crippen LogP contribution in [0.25, 0.3) is 10.9 Å². The molecule has 1 aromatic heterocycles. The molecule has 5 nitrogen and oxygen atoms in total. The molecule has 2 saturated heterocycles. The van der Waals surface area contributed by atoms with E-state index in [1.54, 1.807) is 7.11 Å². The summed E-state index contributed by atoms with van der Waals surface area (Å²) in [6.45, 7) is 4.17. The van der Waals surface area contributed by atoms with Crippen LogP contribution in [0.2, 0.25) is 0 Å². The van der Waals surface area contributed by atoms with Crippen molar-refractivity contribution in [1.82, 2.24) is 9.88 Å². The highest BCUT2D eigenvalue weighted by atomic mass is 16.5. The van der Waals surface area contributed by atoms with Crippen molar-refractivity contribution >= 4 is 16.7 Å². The molecule has 2 N–H and O–H groups in total. The summed E-state index contributed by atoms with van der Waals surface area (Å²) >= 11 is 0. The van der Waals surface area contributed by atoms with Crippen molar-refractivity contribution in [3.05, 3.63) is 65.7 Å². The van der Waals surface area contributed by atoms with E-state index >= 15 is 0 Å². The number of hydrogen-bond acceptors (Lipinski definition) is 5. The van der Waals surface area contributed by atoms with E-state index < -0.39 is 0 Å². The fraction of sp³-hybridized carbons (Fsp3) is 0.444. The van der Waals surface area contributed by atoms with E-state index in [1.165, 1.54) is 31.4 Å². The van der Waals surface area contributed by atoms with Gasteiger partial charge in [-0.1, -0.05) is 37.3 Å². The van der Waals surface area contributed by atoms with Gasteiger partial charge in [0.2, 0.25) is 0 Å².